The largest absolute Gasteiger partial charge is 0.466 e. The van der Waals surface area contributed by atoms with Gasteiger partial charge < -0.3 is 14.4 Å². The van der Waals surface area contributed by atoms with Crippen molar-refractivity contribution in [2.75, 3.05) is 26.3 Å². The molecule has 0 aromatic rings. The van der Waals surface area contributed by atoms with Crippen molar-refractivity contribution in [3.05, 3.63) is 0 Å². The summed E-state index contributed by atoms with van der Waals surface area (Å²) in [6.07, 6.45) is 3.36. The van der Waals surface area contributed by atoms with Gasteiger partial charge in [-0.3, -0.25) is 9.59 Å². The van der Waals surface area contributed by atoms with Crippen molar-refractivity contribution in [3.63, 3.8) is 0 Å². The van der Waals surface area contributed by atoms with E-state index in [-0.39, 0.29) is 17.8 Å². The van der Waals surface area contributed by atoms with Crippen molar-refractivity contribution in [2.45, 2.75) is 45.1 Å². The van der Waals surface area contributed by atoms with Crippen LogP contribution in [-0.2, 0) is 19.1 Å². The fourth-order valence-corrected chi connectivity index (χ4v) is 2.90. The molecule has 0 aromatic carbocycles. The highest BCUT2D eigenvalue weighted by Gasteiger charge is 2.42. The third-order valence-electron chi connectivity index (χ3n) is 4.00. The van der Waals surface area contributed by atoms with Crippen LogP contribution in [0.15, 0.2) is 0 Å². The van der Waals surface area contributed by atoms with E-state index in [2.05, 4.69) is 0 Å². The molecule has 1 unspecified atom stereocenters. The minimum absolute atomic E-state index is 0.0269. The van der Waals surface area contributed by atoms with Crippen LogP contribution in [0.4, 0.5) is 0 Å². The molecule has 2 heterocycles. The highest BCUT2D eigenvalue weighted by molar-refractivity contribution is 5.86. The molecule has 0 saturated carbocycles. The standard InChI is InChI=1S/C14H23NO4/c1-3-18-12(16)11-6-4-8-15(10-11)13(17)14(2)7-5-9-19-14/h11H,3-10H2,1-2H3/t11-,14?/m0/s1. The highest BCUT2D eigenvalue weighted by atomic mass is 16.5. The van der Waals surface area contributed by atoms with Crippen LogP contribution in [0, 0.1) is 5.92 Å². The fraction of sp³-hybridized carbons (Fsp3) is 0.857. The van der Waals surface area contributed by atoms with E-state index in [1.165, 1.54) is 0 Å². The van der Waals surface area contributed by atoms with Gasteiger partial charge >= 0.3 is 5.97 Å². The van der Waals surface area contributed by atoms with Crippen molar-refractivity contribution in [1.82, 2.24) is 4.90 Å². The van der Waals surface area contributed by atoms with Gasteiger partial charge in [0.25, 0.3) is 5.91 Å². The number of carbonyl (C=O) groups is 2. The van der Waals surface area contributed by atoms with E-state index in [1.54, 1.807) is 11.8 Å². The van der Waals surface area contributed by atoms with Crippen LogP contribution in [0.5, 0.6) is 0 Å². The maximum atomic E-state index is 12.5. The SMILES string of the molecule is CCOC(=O)[C@H]1CCCN(C(=O)C2(C)CCCO2)C1. The number of rotatable bonds is 3. The molecule has 0 spiro atoms. The Hall–Kier alpha value is -1.10. The number of amides is 1. The number of piperidine rings is 1. The molecule has 108 valence electrons. The zero-order valence-electron chi connectivity index (χ0n) is 11.8. The summed E-state index contributed by atoms with van der Waals surface area (Å²) in [7, 11) is 0. The van der Waals surface area contributed by atoms with E-state index in [0.29, 0.717) is 26.3 Å². The Labute approximate surface area is 114 Å². The maximum Gasteiger partial charge on any atom is 0.310 e. The summed E-state index contributed by atoms with van der Waals surface area (Å²) >= 11 is 0. The van der Waals surface area contributed by atoms with Crippen LogP contribution in [-0.4, -0.2) is 48.7 Å². The van der Waals surface area contributed by atoms with Gasteiger partial charge in [0, 0.05) is 19.7 Å². The molecule has 2 saturated heterocycles. The van der Waals surface area contributed by atoms with Crippen molar-refractivity contribution >= 4 is 11.9 Å². The van der Waals surface area contributed by atoms with Gasteiger partial charge in [-0.2, -0.15) is 0 Å². The zero-order chi connectivity index (χ0) is 13.9. The molecule has 1 amide bonds. The molecule has 0 N–H and O–H groups in total. The number of nitrogens with zero attached hydrogens (tertiary/aromatic N) is 1. The van der Waals surface area contributed by atoms with Gasteiger partial charge in [0.2, 0.25) is 0 Å². The summed E-state index contributed by atoms with van der Waals surface area (Å²) in [5, 5.41) is 0. The number of hydrogen-bond acceptors (Lipinski definition) is 4. The second-order valence-corrected chi connectivity index (χ2v) is 5.53. The lowest BCUT2D eigenvalue weighted by Gasteiger charge is -2.36. The molecule has 2 rings (SSSR count). The smallest absolute Gasteiger partial charge is 0.310 e. The third kappa shape index (κ3) is 3.08. The zero-order valence-corrected chi connectivity index (χ0v) is 11.8. The summed E-state index contributed by atoms with van der Waals surface area (Å²) in [5.74, 6) is -0.334. The number of esters is 1. The summed E-state index contributed by atoms with van der Waals surface area (Å²) in [6.45, 7) is 5.89. The molecule has 2 fully saturated rings. The minimum Gasteiger partial charge on any atom is -0.466 e. The van der Waals surface area contributed by atoms with Crippen LogP contribution in [0.1, 0.15) is 39.5 Å². The summed E-state index contributed by atoms with van der Waals surface area (Å²) < 4.78 is 10.6. The van der Waals surface area contributed by atoms with Crippen molar-refractivity contribution in [2.24, 2.45) is 5.92 Å². The third-order valence-corrected chi connectivity index (χ3v) is 4.00. The lowest BCUT2D eigenvalue weighted by Crippen LogP contribution is -2.51. The summed E-state index contributed by atoms with van der Waals surface area (Å²) in [4.78, 5) is 26.0. The summed E-state index contributed by atoms with van der Waals surface area (Å²) in [6, 6.07) is 0. The van der Waals surface area contributed by atoms with Gasteiger partial charge in [-0.05, 0) is 39.5 Å². The Morgan fingerprint density at radius 3 is 2.84 bits per heavy atom. The Morgan fingerprint density at radius 2 is 2.21 bits per heavy atom. The van der Waals surface area contributed by atoms with Crippen LogP contribution >= 0.6 is 0 Å². The number of ether oxygens (including phenoxy) is 2. The molecule has 5 heteroatoms. The van der Waals surface area contributed by atoms with Crippen LogP contribution in [0.3, 0.4) is 0 Å². The van der Waals surface area contributed by atoms with Crippen LogP contribution in [0.25, 0.3) is 0 Å². The first-order chi connectivity index (χ1) is 9.07. The molecule has 0 aliphatic carbocycles. The maximum absolute atomic E-state index is 12.5. The first kappa shape index (κ1) is 14.3. The average Bonchev–Trinajstić information content (AvgIpc) is 2.86. The molecule has 2 atom stereocenters. The predicted octanol–water partition coefficient (Wildman–Crippen LogP) is 1.36. The van der Waals surface area contributed by atoms with Crippen molar-refractivity contribution in [1.29, 1.82) is 0 Å². The molecule has 0 aromatic heterocycles. The Balaban J connectivity index is 1.97. The molecular weight excluding hydrogens is 246 g/mol. The van der Waals surface area contributed by atoms with Gasteiger partial charge in [0.15, 0.2) is 0 Å². The lowest BCUT2D eigenvalue weighted by atomic mass is 9.94. The van der Waals surface area contributed by atoms with E-state index >= 15 is 0 Å². The van der Waals surface area contributed by atoms with E-state index in [1.807, 2.05) is 6.92 Å². The first-order valence-electron chi connectivity index (χ1n) is 7.17. The molecule has 2 aliphatic rings. The average molecular weight is 269 g/mol. The Kier molecular flexibility index (Phi) is 4.45. The monoisotopic (exact) mass is 269 g/mol. The van der Waals surface area contributed by atoms with Crippen molar-refractivity contribution in [3.8, 4) is 0 Å². The molecule has 0 bridgehead atoms. The second kappa shape index (κ2) is 5.90. The number of carbonyl (C=O) groups excluding carboxylic acids is 2. The first-order valence-corrected chi connectivity index (χ1v) is 7.17. The van der Waals surface area contributed by atoms with E-state index in [9.17, 15) is 9.59 Å². The Morgan fingerprint density at radius 1 is 1.42 bits per heavy atom. The highest BCUT2D eigenvalue weighted by Crippen LogP contribution is 2.29. The van der Waals surface area contributed by atoms with E-state index in [0.717, 1.165) is 25.7 Å². The fourth-order valence-electron chi connectivity index (χ4n) is 2.90. The topological polar surface area (TPSA) is 55.8 Å². The quantitative estimate of drug-likeness (QED) is 0.726. The Bertz CT molecular complexity index is 349. The predicted molar refractivity (Wildman–Crippen MR) is 69.5 cm³/mol. The van der Waals surface area contributed by atoms with Gasteiger partial charge in [-0.25, -0.2) is 0 Å². The van der Waals surface area contributed by atoms with Gasteiger partial charge in [0.1, 0.15) is 5.60 Å². The molecule has 5 nitrogen and oxygen atoms in total. The van der Waals surface area contributed by atoms with E-state index < -0.39 is 5.60 Å². The van der Waals surface area contributed by atoms with Crippen molar-refractivity contribution < 1.29 is 19.1 Å². The summed E-state index contributed by atoms with van der Waals surface area (Å²) in [5.41, 5.74) is -0.684. The minimum atomic E-state index is -0.684. The molecule has 2 aliphatic heterocycles. The number of hydrogen-bond donors (Lipinski definition) is 0. The van der Waals surface area contributed by atoms with E-state index in [4.69, 9.17) is 9.47 Å². The molecule has 19 heavy (non-hydrogen) atoms. The van der Waals surface area contributed by atoms with Gasteiger partial charge in [0.05, 0.1) is 12.5 Å². The van der Waals surface area contributed by atoms with Crippen LogP contribution < -0.4 is 0 Å². The lowest BCUT2D eigenvalue weighted by molar-refractivity contribution is -0.157. The normalized spacial score (nSPS) is 31.3. The molecule has 0 radical (unpaired) electrons. The number of likely N-dealkylation sites (tertiary alicyclic amines) is 1. The van der Waals surface area contributed by atoms with Gasteiger partial charge in [-0.15, -0.1) is 0 Å². The van der Waals surface area contributed by atoms with Crippen LogP contribution in [0.2, 0.25) is 0 Å². The second-order valence-electron chi connectivity index (χ2n) is 5.53. The molecular formula is C14H23NO4. The van der Waals surface area contributed by atoms with Gasteiger partial charge in [-0.1, -0.05) is 0 Å².